The number of aliphatic carboxylic acids is 2. The van der Waals surface area contributed by atoms with Crippen LogP contribution in [0.3, 0.4) is 0 Å². The van der Waals surface area contributed by atoms with E-state index in [1.807, 2.05) is 6.08 Å². The van der Waals surface area contributed by atoms with Crippen molar-refractivity contribution < 1.29 is 19.8 Å². The van der Waals surface area contributed by atoms with E-state index in [0.29, 0.717) is 18.4 Å². The quantitative estimate of drug-likeness (QED) is 0.357. The minimum absolute atomic E-state index is 0.234. The number of hydrogen-bond acceptors (Lipinski definition) is 2. The number of carboxylic acid groups (broad SMARTS) is 2. The van der Waals surface area contributed by atoms with Crippen molar-refractivity contribution in [2.24, 2.45) is 0 Å². The third kappa shape index (κ3) is 13.4. The molecule has 0 unspecified atom stereocenters. The van der Waals surface area contributed by atoms with Crippen molar-refractivity contribution >= 4 is 11.9 Å². The van der Waals surface area contributed by atoms with Crippen LogP contribution in [0.4, 0.5) is 0 Å². The maximum Gasteiger partial charge on any atom is 0.331 e. The van der Waals surface area contributed by atoms with Gasteiger partial charge < -0.3 is 10.2 Å². The highest BCUT2D eigenvalue weighted by Crippen LogP contribution is 2.14. The number of carbonyl (C=O) groups is 2. The number of allylic oxidation sites excluding steroid dienone is 1. The third-order valence-corrected chi connectivity index (χ3v) is 3.56. The molecule has 0 aliphatic carbocycles. The average Bonchev–Trinajstić information content (AvgIpc) is 2.43. The summed E-state index contributed by atoms with van der Waals surface area (Å²) in [5.74, 6) is -1.54. The van der Waals surface area contributed by atoms with E-state index < -0.39 is 11.9 Å². The zero-order valence-corrected chi connectivity index (χ0v) is 13.3. The second-order valence-corrected chi connectivity index (χ2v) is 5.55. The lowest BCUT2D eigenvalue weighted by Crippen LogP contribution is -2.01. The molecule has 0 heterocycles. The standard InChI is InChI=1S/C17H30O4/c1-2-3-4-6-9-12-15(17(20)21)13-10-7-5-8-11-14-16(18)19/h12H,2-11,13-14H2,1H3,(H,18,19)(H,20,21). The summed E-state index contributed by atoms with van der Waals surface area (Å²) in [4.78, 5) is 21.5. The van der Waals surface area contributed by atoms with Crippen molar-refractivity contribution in [3.8, 4) is 0 Å². The van der Waals surface area contributed by atoms with Crippen LogP contribution in [0.25, 0.3) is 0 Å². The highest BCUT2D eigenvalue weighted by molar-refractivity contribution is 5.86. The first kappa shape index (κ1) is 19.7. The minimum atomic E-state index is -0.795. The summed E-state index contributed by atoms with van der Waals surface area (Å²) in [6.07, 6.45) is 12.7. The van der Waals surface area contributed by atoms with E-state index in [9.17, 15) is 9.59 Å². The van der Waals surface area contributed by atoms with Gasteiger partial charge >= 0.3 is 11.9 Å². The summed E-state index contributed by atoms with van der Waals surface area (Å²) in [5.41, 5.74) is 0.539. The minimum Gasteiger partial charge on any atom is -0.481 e. The molecule has 0 saturated carbocycles. The highest BCUT2D eigenvalue weighted by atomic mass is 16.4. The lowest BCUT2D eigenvalue weighted by atomic mass is 10.0. The number of hydrogen-bond donors (Lipinski definition) is 2. The molecule has 4 heteroatoms. The molecule has 2 N–H and O–H groups in total. The molecule has 0 aromatic rings. The predicted molar refractivity (Wildman–Crippen MR) is 84.4 cm³/mol. The number of rotatable bonds is 14. The van der Waals surface area contributed by atoms with E-state index >= 15 is 0 Å². The molecule has 0 saturated heterocycles. The van der Waals surface area contributed by atoms with Gasteiger partial charge in [-0.25, -0.2) is 4.79 Å². The normalized spacial score (nSPS) is 11.6. The molecule has 0 fully saturated rings. The van der Waals surface area contributed by atoms with Gasteiger partial charge in [0.2, 0.25) is 0 Å². The summed E-state index contributed by atoms with van der Waals surface area (Å²) >= 11 is 0. The van der Waals surface area contributed by atoms with Gasteiger partial charge in [0, 0.05) is 12.0 Å². The van der Waals surface area contributed by atoms with Crippen LogP contribution in [0.5, 0.6) is 0 Å². The van der Waals surface area contributed by atoms with E-state index in [-0.39, 0.29) is 6.42 Å². The Morgan fingerprint density at radius 3 is 1.95 bits per heavy atom. The number of carboxylic acids is 2. The molecule has 0 spiro atoms. The van der Waals surface area contributed by atoms with Gasteiger partial charge in [0.15, 0.2) is 0 Å². The van der Waals surface area contributed by atoms with Crippen LogP contribution < -0.4 is 0 Å². The first-order valence-electron chi connectivity index (χ1n) is 8.22. The van der Waals surface area contributed by atoms with E-state index in [0.717, 1.165) is 38.5 Å². The smallest absolute Gasteiger partial charge is 0.331 e. The molecule has 0 aromatic carbocycles. The molecule has 0 aliphatic heterocycles. The van der Waals surface area contributed by atoms with Crippen molar-refractivity contribution in [1.82, 2.24) is 0 Å². The molecule has 0 aromatic heterocycles. The first-order valence-corrected chi connectivity index (χ1v) is 8.22. The summed E-state index contributed by atoms with van der Waals surface area (Å²) in [6.45, 7) is 2.16. The summed E-state index contributed by atoms with van der Waals surface area (Å²) in [6, 6.07) is 0. The second kappa shape index (κ2) is 13.7. The van der Waals surface area contributed by atoms with E-state index in [1.165, 1.54) is 19.3 Å². The summed E-state index contributed by atoms with van der Waals surface area (Å²) < 4.78 is 0. The summed E-state index contributed by atoms with van der Waals surface area (Å²) in [5, 5.41) is 17.7. The SMILES string of the molecule is CCCCCCC=C(CCCCCCCC(=O)O)C(=O)O. The van der Waals surface area contributed by atoms with Crippen LogP contribution >= 0.6 is 0 Å². The van der Waals surface area contributed by atoms with Crippen LogP contribution in [0.15, 0.2) is 11.6 Å². The molecule has 0 atom stereocenters. The predicted octanol–water partition coefficient (Wildman–Crippen LogP) is 4.78. The molecule has 0 amide bonds. The molecule has 21 heavy (non-hydrogen) atoms. The van der Waals surface area contributed by atoms with Crippen molar-refractivity contribution in [2.75, 3.05) is 0 Å². The van der Waals surface area contributed by atoms with Crippen LogP contribution in [0.1, 0.15) is 84.0 Å². The topological polar surface area (TPSA) is 74.6 Å². The fourth-order valence-electron chi connectivity index (χ4n) is 2.27. The van der Waals surface area contributed by atoms with Crippen LogP contribution in [0.2, 0.25) is 0 Å². The van der Waals surface area contributed by atoms with Crippen LogP contribution in [-0.4, -0.2) is 22.2 Å². The Balaban J connectivity index is 3.71. The lowest BCUT2D eigenvalue weighted by Gasteiger charge is -2.03. The Bertz CT molecular complexity index is 321. The first-order chi connectivity index (χ1) is 10.1. The molecule has 0 bridgehead atoms. The van der Waals surface area contributed by atoms with Gasteiger partial charge in [-0.1, -0.05) is 51.5 Å². The zero-order valence-electron chi connectivity index (χ0n) is 13.3. The lowest BCUT2D eigenvalue weighted by molar-refractivity contribution is -0.137. The van der Waals surface area contributed by atoms with E-state index in [2.05, 4.69) is 6.92 Å². The number of unbranched alkanes of at least 4 members (excludes halogenated alkanes) is 8. The Kier molecular flexibility index (Phi) is 12.8. The monoisotopic (exact) mass is 298 g/mol. The van der Waals surface area contributed by atoms with Gasteiger partial charge in [0.25, 0.3) is 0 Å². The van der Waals surface area contributed by atoms with Crippen LogP contribution in [-0.2, 0) is 9.59 Å². The van der Waals surface area contributed by atoms with Gasteiger partial charge in [-0.3, -0.25) is 4.79 Å². The van der Waals surface area contributed by atoms with Crippen molar-refractivity contribution in [2.45, 2.75) is 84.0 Å². The summed E-state index contributed by atoms with van der Waals surface area (Å²) in [7, 11) is 0. The van der Waals surface area contributed by atoms with Crippen LogP contribution in [0, 0.1) is 0 Å². The van der Waals surface area contributed by atoms with E-state index in [4.69, 9.17) is 10.2 Å². The van der Waals surface area contributed by atoms with Gasteiger partial charge in [0.1, 0.15) is 0 Å². The Labute approximate surface area is 128 Å². The van der Waals surface area contributed by atoms with E-state index in [1.54, 1.807) is 0 Å². The third-order valence-electron chi connectivity index (χ3n) is 3.56. The van der Waals surface area contributed by atoms with Crippen molar-refractivity contribution in [3.63, 3.8) is 0 Å². The molecular formula is C17H30O4. The molecule has 4 nitrogen and oxygen atoms in total. The van der Waals surface area contributed by atoms with Gasteiger partial charge in [-0.05, 0) is 32.1 Å². The van der Waals surface area contributed by atoms with Gasteiger partial charge in [-0.15, -0.1) is 0 Å². The Morgan fingerprint density at radius 2 is 1.38 bits per heavy atom. The Hall–Kier alpha value is -1.32. The molecule has 0 radical (unpaired) electrons. The van der Waals surface area contributed by atoms with Gasteiger partial charge in [-0.2, -0.15) is 0 Å². The maximum absolute atomic E-state index is 11.1. The fourth-order valence-corrected chi connectivity index (χ4v) is 2.27. The van der Waals surface area contributed by atoms with Gasteiger partial charge in [0.05, 0.1) is 0 Å². The zero-order chi connectivity index (χ0) is 15.9. The maximum atomic E-state index is 11.1. The van der Waals surface area contributed by atoms with Crippen molar-refractivity contribution in [1.29, 1.82) is 0 Å². The second-order valence-electron chi connectivity index (χ2n) is 5.55. The molecule has 0 rings (SSSR count). The van der Waals surface area contributed by atoms with Crippen molar-refractivity contribution in [3.05, 3.63) is 11.6 Å². The fraction of sp³-hybridized carbons (Fsp3) is 0.765. The average molecular weight is 298 g/mol. The highest BCUT2D eigenvalue weighted by Gasteiger charge is 2.06. The molecule has 122 valence electrons. The Morgan fingerprint density at radius 1 is 0.810 bits per heavy atom. The molecular weight excluding hydrogens is 268 g/mol. The largest absolute Gasteiger partial charge is 0.481 e. The molecule has 0 aliphatic rings.